The number of hydrogen-bond acceptors (Lipinski definition) is 11. The third-order valence-corrected chi connectivity index (χ3v) is 15.3. The maximum Gasteiger partial charge on any atom is 0.303 e. The number of aliphatic hydroxyl groups is 5. The third kappa shape index (κ3) is 5.11. The van der Waals surface area contributed by atoms with Gasteiger partial charge in [-0.2, -0.15) is 0 Å². The fourth-order valence-corrected chi connectivity index (χ4v) is 13.3. The van der Waals surface area contributed by atoms with Crippen LogP contribution >= 0.6 is 0 Å². The molecule has 0 aromatic heterocycles. The minimum Gasteiger partial charge on any atom is -0.457 e. The molecule has 0 amide bonds. The molecule has 48 heavy (non-hydrogen) atoms. The molecular weight excluding hydrogens is 620 g/mol. The highest BCUT2D eigenvalue weighted by molar-refractivity contribution is 5.66. The van der Waals surface area contributed by atoms with Crippen molar-refractivity contribution < 1.29 is 54.0 Å². The molecule has 2 unspecified atom stereocenters. The molecule has 11 nitrogen and oxygen atoms in total. The maximum absolute atomic E-state index is 12.5. The number of carbonyl (C=O) groups excluding carboxylic acids is 1. The van der Waals surface area contributed by atoms with E-state index in [1.54, 1.807) is 13.8 Å². The lowest BCUT2D eigenvalue weighted by Gasteiger charge is -2.64. The van der Waals surface area contributed by atoms with Gasteiger partial charge in [0.05, 0.1) is 30.0 Å². The van der Waals surface area contributed by atoms with Gasteiger partial charge in [-0.1, -0.05) is 34.6 Å². The summed E-state index contributed by atoms with van der Waals surface area (Å²) >= 11 is 0. The highest BCUT2D eigenvalue weighted by Gasteiger charge is 2.84. The fraction of sp³-hybridized carbons (Fsp3) is 0.973. The summed E-state index contributed by atoms with van der Waals surface area (Å²) in [7, 11) is 1.46. The van der Waals surface area contributed by atoms with Crippen LogP contribution in [0.25, 0.3) is 0 Å². The van der Waals surface area contributed by atoms with Crippen LogP contribution in [0.5, 0.6) is 0 Å². The summed E-state index contributed by atoms with van der Waals surface area (Å²) in [5.74, 6) is 0.591. The van der Waals surface area contributed by atoms with Gasteiger partial charge in [-0.25, -0.2) is 0 Å². The van der Waals surface area contributed by atoms with E-state index in [2.05, 4.69) is 34.6 Å². The van der Waals surface area contributed by atoms with E-state index in [1.807, 2.05) is 0 Å². The van der Waals surface area contributed by atoms with Crippen LogP contribution in [0.2, 0.25) is 0 Å². The van der Waals surface area contributed by atoms with Crippen molar-refractivity contribution in [2.45, 2.75) is 162 Å². The summed E-state index contributed by atoms with van der Waals surface area (Å²) < 4.78 is 29.4. The molecule has 11 heteroatoms. The standard InChI is InChI=1S/C37H62O11/c1-19-16-21(29(33(5,6)43)46-20(2)38)47-27-25(19)34(7)14-15-37-17-36(37)13-12-24(48-31(45-18-44-9)26(39)30(41)42)32(3,4)22(36)10-11-23(37)35(34,8)28(27)40/h19,21-31,39-43H,10-18H2,1-9H3/t19-,21-,22+,23+,24?,25+,26-,27+,28+,29+,31+,34-,35-,36-,37?/m1/s1. The van der Waals surface area contributed by atoms with Crippen LogP contribution in [0.15, 0.2) is 0 Å². The van der Waals surface area contributed by atoms with Crippen molar-refractivity contribution in [3.8, 4) is 0 Å². The molecule has 6 rings (SSSR count). The summed E-state index contributed by atoms with van der Waals surface area (Å²) in [5, 5.41) is 53.4. The predicted octanol–water partition coefficient (Wildman–Crippen LogP) is 3.51. The van der Waals surface area contributed by atoms with Gasteiger partial charge in [-0.3, -0.25) is 4.79 Å². The lowest BCUT2D eigenvalue weighted by molar-refractivity contribution is -0.301. The summed E-state index contributed by atoms with van der Waals surface area (Å²) in [5.41, 5.74) is -1.82. The molecule has 5 N–H and O–H groups in total. The Bertz CT molecular complexity index is 1220. The molecule has 6 aliphatic rings. The Balaban J connectivity index is 1.26. The Morgan fingerprint density at radius 2 is 1.65 bits per heavy atom. The Morgan fingerprint density at radius 3 is 2.25 bits per heavy atom. The van der Waals surface area contributed by atoms with Gasteiger partial charge < -0.3 is 49.2 Å². The van der Waals surface area contributed by atoms with E-state index in [0.29, 0.717) is 18.3 Å². The molecule has 276 valence electrons. The maximum atomic E-state index is 12.5. The van der Waals surface area contributed by atoms with Gasteiger partial charge >= 0.3 is 5.97 Å². The Hall–Kier alpha value is -0.890. The first-order valence-corrected chi connectivity index (χ1v) is 18.3. The average Bonchev–Trinajstić information content (AvgIpc) is 3.62. The van der Waals surface area contributed by atoms with Gasteiger partial charge in [-0.05, 0) is 111 Å². The molecule has 6 fully saturated rings. The molecular formula is C37H62O11. The number of carbonyl (C=O) groups is 1. The molecule has 5 saturated carbocycles. The second-order valence-corrected chi connectivity index (χ2v) is 18.2. The minimum atomic E-state index is -2.00. The summed E-state index contributed by atoms with van der Waals surface area (Å²) in [6.45, 7) is 16.0. The third-order valence-electron chi connectivity index (χ3n) is 15.3. The van der Waals surface area contributed by atoms with Gasteiger partial charge in [0.2, 0.25) is 0 Å². The molecule has 0 aromatic carbocycles. The Labute approximate surface area is 286 Å². The van der Waals surface area contributed by atoms with E-state index in [1.165, 1.54) is 14.0 Å². The van der Waals surface area contributed by atoms with Gasteiger partial charge in [-0.15, -0.1) is 0 Å². The smallest absolute Gasteiger partial charge is 0.303 e. The second kappa shape index (κ2) is 12.1. The van der Waals surface area contributed by atoms with E-state index in [-0.39, 0.29) is 51.8 Å². The zero-order valence-electron chi connectivity index (χ0n) is 30.5. The summed E-state index contributed by atoms with van der Waals surface area (Å²) in [6, 6.07) is 0. The molecule has 0 aromatic rings. The first-order chi connectivity index (χ1) is 22.2. The molecule has 15 atom stereocenters. The SMILES string of the molecule is COCO[C@@H](OC1CC[C@]23CC24CC[C@]2(C)[C@@H]5[C@H](O[C@@H]([C@H](OC(C)=O)C(C)(C)O)C[C@H]5C)[C@H](O)[C@@]2(C)[C@@H]4CC[C@H]3C1(C)C)[C@H](O)C(O)O. The zero-order chi connectivity index (χ0) is 35.4. The topological polar surface area (TPSA) is 164 Å². The number of esters is 1. The Kier molecular flexibility index (Phi) is 9.29. The number of ether oxygens (including phenoxy) is 5. The normalized spacial score (nSPS) is 47.9. The van der Waals surface area contributed by atoms with Crippen molar-refractivity contribution in [1.82, 2.24) is 0 Å². The minimum absolute atomic E-state index is 0.115. The van der Waals surface area contributed by atoms with Crippen molar-refractivity contribution in [1.29, 1.82) is 0 Å². The van der Waals surface area contributed by atoms with Crippen molar-refractivity contribution in [2.24, 2.45) is 50.7 Å². The molecule has 1 aliphatic heterocycles. The molecule has 5 aliphatic carbocycles. The quantitative estimate of drug-likeness (QED) is 0.169. The van der Waals surface area contributed by atoms with Crippen LogP contribution in [0.1, 0.15) is 107 Å². The van der Waals surface area contributed by atoms with Crippen LogP contribution in [0.3, 0.4) is 0 Å². The number of hydrogen-bond donors (Lipinski definition) is 5. The molecule has 1 heterocycles. The first kappa shape index (κ1) is 36.9. The van der Waals surface area contributed by atoms with Gasteiger partial charge in [0.1, 0.15) is 6.79 Å². The van der Waals surface area contributed by atoms with Gasteiger partial charge in [0.25, 0.3) is 0 Å². The van der Waals surface area contributed by atoms with Crippen molar-refractivity contribution in [3.05, 3.63) is 0 Å². The molecule has 2 spiro atoms. The van der Waals surface area contributed by atoms with Crippen LogP contribution in [-0.2, 0) is 28.5 Å². The number of fused-ring (bicyclic) bond motifs is 4. The number of aliphatic hydroxyl groups excluding tert-OH is 3. The monoisotopic (exact) mass is 682 g/mol. The zero-order valence-corrected chi connectivity index (χ0v) is 30.5. The van der Waals surface area contributed by atoms with E-state index in [4.69, 9.17) is 23.7 Å². The molecule has 1 saturated heterocycles. The van der Waals surface area contributed by atoms with Gasteiger partial charge in [0, 0.05) is 19.4 Å². The van der Waals surface area contributed by atoms with Gasteiger partial charge in [0.15, 0.2) is 24.8 Å². The average molecular weight is 683 g/mol. The van der Waals surface area contributed by atoms with Crippen LogP contribution < -0.4 is 0 Å². The fourth-order valence-electron chi connectivity index (χ4n) is 13.3. The Morgan fingerprint density at radius 1 is 1.00 bits per heavy atom. The highest BCUT2D eigenvalue weighted by Crippen LogP contribution is 2.89. The van der Waals surface area contributed by atoms with Crippen molar-refractivity contribution in [2.75, 3.05) is 13.9 Å². The highest BCUT2D eigenvalue weighted by atomic mass is 16.8. The predicted molar refractivity (Wildman–Crippen MR) is 174 cm³/mol. The van der Waals surface area contributed by atoms with Crippen molar-refractivity contribution >= 4 is 5.97 Å². The van der Waals surface area contributed by atoms with E-state index < -0.39 is 54.7 Å². The second-order valence-electron chi connectivity index (χ2n) is 18.2. The summed E-state index contributed by atoms with van der Waals surface area (Å²) in [6.07, 6.45) is 0.0598. The van der Waals surface area contributed by atoms with Crippen molar-refractivity contribution in [3.63, 3.8) is 0 Å². The van der Waals surface area contributed by atoms with E-state index >= 15 is 0 Å². The van der Waals surface area contributed by atoms with Crippen LogP contribution in [-0.4, -0.2) is 100 Å². The number of methoxy groups -OCH3 is 1. The lowest BCUT2D eigenvalue weighted by Crippen LogP contribution is -2.60. The van der Waals surface area contributed by atoms with Crippen LogP contribution in [0, 0.1) is 50.7 Å². The first-order valence-electron chi connectivity index (χ1n) is 18.3. The van der Waals surface area contributed by atoms with E-state index in [9.17, 15) is 30.3 Å². The lowest BCUT2D eigenvalue weighted by atomic mass is 9.41. The van der Waals surface area contributed by atoms with Crippen LogP contribution in [0.4, 0.5) is 0 Å². The molecule has 0 radical (unpaired) electrons. The summed E-state index contributed by atoms with van der Waals surface area (Å²) in [4.78, 5) is 12.1. The number of rotatable bonds is 10. The van der Waals surface area contributed by atoms with E-state index in [0.717, 1.165) is 44.9 Å². The molecule has 0 bridgehead atoms. The largest absolute Gasteiger partial charge is 0.457 e.